The largest absolute Gasteiger partial charge is 0.758 e. The summed E-state index contributed by atoms with van der Waals surface area (Å²) in [5.41, 5.74) is 2.03. The van der Waals surface area contributed by atoms with Crippen molar-refractivity contribution in [1.82, 2.24) is 0 Å². The summed E-state index contributed by atoms with van der Waals surface area (Å²) in [5, 5.41) is 12.0. The molecule has 1 aromatic rings. The van der Waals surface area contributed by atoms with Crippen LogP contribution in [0.25, 0.3) is 0 Å². The molecule has 1 heterocycles. The van der Waals surface area contributed by atoms with Crippen molar-refractivity contribution in [2.45, 2.75) is 6.42 Å². The number of anilines is 1. The lowest BCUT2D eigenvalue weighted by Gasteiger charge is -2.24. The molecule has 1 aliphatic heterocycles. The molecule has 0 N–H and O–H groups in total. The average Bonchev–Trinajstić information content (AvgIpc) is 2.34. The van der Waals surface area contributed by atoms with Crippen LogP contribution in [-0.4, -0.2) is 6.54 Å². The molecule has 0 fully saturated rings. The van der Waals surface area contributed by atoms with E-state index < -0.39 is 0 Å². The maximum absolute atomic E-state index is 11.0. The number of benzene rings is 1. The van der Waals surface area contributed by atoms with Crippen molar-refractivity contribution in [1.29, 1.82) is 0 Å². The Hall–Kier alpha value is -1.02. The molecule has 0 bridgehead atoms. The summed E-state index contributed by atoms with van der Waals surface area (Å²) in [5.74, 6) is 0. The van der Waals surface area contributed by atoms with Crippen molar-refractivity contribution < 1.29 is 0 Å². The van der Waals surface area contributed by atoms with Gasteiger partial charge >= 0.3 is 0 Å². The van der Waals surface area contributed by atoms with Crippen LogP contribution in [0.4, 0.5) is 5.69 Å². The maximum atomic E-state index is 11.0. The normalized spacial score (nSPS) is 15.5. The molecule has 2 rings (SSSR count). The van der Waals surface area contributed by atoms with Gasteiger partial charge in [-0.3, -0.25) is 0 Å². The van der Waals surface area contributed by atoms with E-state index in [1.54, 1.807) is 0 Å². The van der Waals surface area contributed by atoms with Gasteiger partial charge in [0.05, 0.1) is 0 Å². The molecule has 0 unspecified atom stereocenters. The molecule has 1 aliphatic rings. The van der Waals surface area contributed by atoms with E-state index >= 15 is 0 Å². The van der Waals surface area contributed by atoms with E-state index in [-0.39, 0.29) is 0 Å². The van der Waals surface area contributed by atoms with Crippen molar-refractivity contribution in [2.24, 2.45) is 0 Å². The van der Waals surface area contributed by atoms with Crippen LogP contribution in [0.1, 0.15) is 5.56 Å². The van der Waals surface area contributed by atoms with Crippen LogP contribution in [0.2, 0.25) is 0 Å². The van der Waals surface area contributed by atoms with E-state index in [2.05, 4.69) is 0 Å². The van der Waals surface area contributed by atoms with Gasteiger partial charge in [-0.1, -0.05) is 18.2 Å². The van der Waals surface area contributed by atoms with Crippen molar-refractivity contribution in [2.75, 3.05) is 11.6 Å². The molecule has 0 amide bonds. The fraction of sp³-hybridized carbons (Fsp3) is 0.250. The van der Waals surface area contributed by atoms with Gasteiger partial charge in [0.2, 0.25) is 0 Å². The minimum Gasteiger partial charge on any atom is -0.758 e. The van der Waals surface area contributed by atoms with E-state index in [4.69, 9.17) is 0 Å². The van der Waals surface area contributed by atoms with Gasteiger partial charge in [0, 0.05) is 12.2 Å². The highest BCUT2D eigenvalue weighted by atomic mass is 16.5. The van der Waals surface area contributed by atoms with Gasteiger partial charge in [-0.25, -0.2) is 0 Å². The SMILES string of the molecule is [O-]N1CCc2ccccc21. The third-order valence-electron chi connectivity index (χ3n) is 1.84. The summed E-state index contributed by atoms with van der Waals surface area (Å²) in [7, 11) is 0. The fourth-order valence-corrected chi connectivity index (χ4v) is 1.31. The smallest absolute Gasteiger partial charge is 0.0292 e. The van der Waals surface area contributed by atoms with E-state index in [1.807, 2.05) is 24.3 Å². The number of hydroxylamine groups is 1. The van der Waals surface area contributed by atoms with Gasteiger partial charge in [-0.2, -0.15) is 0 Å². The van der Waals surface area contributed by atoms with Gasteiger partial charge in [0.25, 0.3) is 0 Å². The Morgan fingerprint density at radius 2 is 2.10 bits per heavy atom. The fourth-order valence-electron chi connectivity index (χ4n) is 1.31. The van der Waals surface area contributed by atoms with E-state index in [0.717, 1.165) is 17.2 Å². The first-order valence-electron chi connectivity index (χ1n) is 3.40. The molecule has 0 aliphatic carbocycles. The Morgan fingerprint density at radius 3 is 2.90 bits per heavy atom. The van der Waals surface area contributed by atoms with Crippen molar-refractivity contribution in [3.63, 3.8) is 0 Å². The molecule has 2 nitrogen and oxygen atoms in total. The highest BCUT2D eigenvalue weighted by Crippen LogP contribution is 2.25. The predicted octanol–water partition coefficient (Wildman–Crippen LogP) is 1.55. The number of hydrogen-bond donors (Lipinski definition) is 0. The molecule has 0 saturated heterocycles. The van der Waals surface area contributed by atoms with E-state index in [0.29, 0.717) is 6.54 Å². The molecule has 2 heteroatoms. The Balaban J connectivity index is 2.51. The molecular formula is C8H8NO-. The molecule has 1 aromatic carbocycles. The minimum absolute atomic E-state index is 0.624. The third-order valence-corrected chi connectivity index (χ3v) is 1.84. The lowest BCUT2D eigenvalue weighted by atomic mass is 10.2. The summed E-state index contributed by atoms with van der Waals surface area (Å²) in [4.78, 5) is 0. The van der Waals surface area contributed by atoms with Crippen molar-refractivity contribution in [3.8, 4) is 0 Å². The number of nitrogens with zero attached hydrogens (tertiary/aromatic N) is 1. The zero-order valence-electron chi connectivity index (χ0n) is 5.58. The standard InChI is InChI=1S/C8H8NO/c10-9-6-5-7-3-1-2-4-8(7)9/h1-4H,5-6H2/q-1. The first-order chi connectivity index (χ1) is 4.88. The number of hydrogen-bond acceptors (Lipinski definition) is 2. The van der Waals surface area contributed by atoms with Crippen LogP contribution in [0, 0.1) is 5.21 Å². The molecule has 0 aromatic heterocycles. The number of fused-ring (bicyclic) bond motifs is 1. The zero-order chi connectivity index (χ0) is 6.97. The highest BCUT2D eigenvalue weighted by Gasteiger charge is 2.09. The summed E-state index contributed by atoms with van der Waals surface area (Å²) >= 11 is 0. The van der Waals surface area contributed by atoms with Gasteiger partial charge in [-0.15, -0.1) is 0 Å². The first kappa shape index (κ1) is 5.74. The van der Waals surface area contributed by atoms with Crippen LogP contribution in [0.3, 0.4) is 0 Å². The van der Waals surface area contributed by atoms with Gasteiger partial charge in [-0.05, 0) is 18.1 Å². The van der Waals surface area contributed by atoms with Crippen LogP contribution >= 0.6 is 0 Å². The van der Waals surface area contributed by atoms with Crippen molar-refractivity contribution >= 4 is 5.69 Å². The maximum Gasteiger partial charge on any atom is 0.0292 e. The monoisotopic (exact) mass is 134 g/mol. The van der Waals surface area contributed by atoms with Crippen LogP contribution in [-0.2, 0) is 6.42 Å². The average molecular weight is 134 g/mol. The van der Waals surface area contributed by atoms with Gasteiger partial charge < -0.3 is 10.3 Å². The topological polar surface area (TPSA) is 26.3 Å². The molecule has 52 valence electrons. The second kappa shape index (κ2) is 1.99. The molecule has 0 saturated carbocycles. The predicted molar refractivity (Wildman–Crippen MR) is 40.9 cm³/mol. The number of para-hydroxylation sites is 1. The zero-order valence-corrected chi connectivity index (χ0v) is 5.58. The van der Waals surface area contributed by atoms with Gasteiger partial charge in [0.1, 0.15) is 0 Å². The molecule has 0 spiro atoms. The van der Waals surface area contributed by atoms with Crippen LogP contribution in [0.15, 0.2) is 24.3 Å². The Bertz CT molecular complexity index is 247. The van der Waals surface area contributed by atoms with Crippen molar-refractivity contribution in [3.05, 3.63) is 35.0 Å². The van der Waals surface area contributed by atoms with Gasteiger partial charge in [0.15, 0.2) is 0 Å². The molecule has 10 heavy (non-hydrogen) atoms. The summed E-state index contributed by atoms with van der Waals surface area (Å²) in [6.45, 7) is 0.624. The Labute approximate surface area is 59.7 Å². The van der Waals surface area contributed by atoms with E-state index in [1.165, 1.54) is 5.56 Å². The Morgan fingerprint density at radius 1 is 1.30 bits per heavy atom. The van der Waals surface area contributed by atoms with Crippen LogP contribution < -0.4 is 5.06 Å². The van der Waals surface area contributed by atoms with E-state index in [9.17, 15) is 5.21 Å². The quantitative estimate of drug-likeness (QED) is 0.538. The second-order valence-corrected chi connectivity index (χ2v) is 2.48. The second-order valence-electron chi connectivity index (χ2n) is 2.48. The lowest BCUT2D eigenvalue weighted by Crippen LogP contribution is -2.09. The highest BCUT2D eigenvalue weighted by molar-refractivity contribution is 5.58. The molecule has 0 radical (unpaired) electrons. The summed E-state index contributed by atoms with van der Waals surface area (Å²) < 4.78 is 0. The number of rotatable bonds is 0. The minimum atomic E-state index is 0.624. The summed E-state index contributed by atoms with van der Waals surface area (Å²) in [6, 6.07) is 7.75. The van der Waals surface area contributed by atoms with Crippen LogP contribution in [0.5, 0.6) is 0 Å². The first-order valence-corrected chi connectivity index (χ1v) is 3.40. The Kier molecular flexibility index (Phi) is 1.14. The molecule has 0 atom stereocenters. The lowest BCUT2D eigenvalue weighted by molar-refractivity contribution is 0.997. The molecular weight excluding hydrogens is 126 g/mol. The summed E-state index contributed by atoms with van der Waals surface area (Å²) in [6.07, 6.45) is 0.902. The third kappa shape index (κ3) is 0.693.